The van der Waals surface area contributed by atoms with Gasteiger partial charge in [0.2, 0.25) is 5.91 Å². The summed E-state index contributed by atoms with van der Waals surface area (Å²) >= 11 is 0. The van der Waals surface area contributed by atoms with Gasteiger partial charge in [-0.2, -0.15) is 0 Å². The number of nitrogens with zero attached hydrogens (tertiary/aromatic N) is 1. The minimum absolute atomic E-state index is 0.0986. The van der Waals surface area contributed by atoms with E-state index < -0.39 is 9.84 Å². The maximum atomic E-state index is 12.5. The standard InChI is InChI=1S/C20H26N2O4S/c1-16(17-6-3-2-4-7-17)12-21-20(23)14-22(13-19-8-5-10-26-19)18-9-11-27(24,25)15-18/h2-8,10,16,18H,9,11-15H2,1H3,(H,21,23). The molecule has 0 spiro atoms. The zero-order valence-corrected chi connectivity index (χ0v) is 16.3. The molecule has 3 rings (SSSR count). The molecular weight excluding hydrogens is 364 g/mol. The van der Waals surface area contributed by atoms with Crippen LogP contribution in [-0.4, -0.2) is 49.9 Å². The molecule has 1 fully saturated rings. The van der Waals surface area contributed by atoms with Crippen LogP contribution >= 0.6 is 0 Å². The molecular formula is C20H26N2O4S. The summed E-state index contributed by atoms with van der Waals surface area (Å²) in [5, 5.41) is 2.97. The van der Waals surface area contributed by atoms with Crippen molar-refractivity contribution in [1.29, 1.82) is 0 Å². The third-order valence-electron chi connectivity index (χ3n) is 4.98. The molecule has 7 heteroatoms. The fourth-order valence-electron chi connectivity index (χ4n) is 3.39. The van der Waals surface area contributed by atoms with Crippen LogP contribution in [0.3, 0.4) is 0 Å². The van der Waals surface area contributed by atoms with Crippen molar-refractivity contribution in [2.75, 3.05) is 24.6 Å². The lowest BCUT2D eigenvalue weighted by Gasteiger charge is -2.26. The van der Waals surface area contributed by atoms with Gasteiger partial charge in [0.15, 0.2) is 9.84 Å². The van der Waals surface area contributed by atoms with E-state index in [0.717, 1.165) is 5.76 Å². The molecule has 0 bridgehead atoms. The second kappa shape index (κ2) is 8.71. The fraction of sp³-hybridized carbons (Fsp3) is 0.450. The number of carbonyl (C=O) groups is 1. The molecule has 1 aliphatic heterocycles. The minimum atomic E-state index is -3.02. The van der Waals surface area contributed by atoms with Crippen molar-refractivity contribution in [1.82, 2.24) is 10.2 Å². The van der Waals surface area contributed by atoms with Crippen molar-refractivity contribution in [3.8, 4) is 0 Å². The van der Waals surface area contributed by atoms with E-state index in [2.05, 4.69) is 12.2 Å². The average molecular weight is 391 g/mol. The monoisotopic (exact) mass is 390 g/mol. The van der Waals surface area contributed by atoms with Crippen LogP contribution in [0.2, 0.25) is 0 Å². The lowest BCUT2D eigenvalue weighted by Crippen LogP contribution is -2.43. The van der Waals surface area contributed by atoms with Crippen LogP contribution in [0, 0.1) is 0 Å². The molecule has 0 saturated carbocycles. The summed E-state index contributed by atoms with van der Waals surface area (Å²) in [7, 11) is -3.02. The highest BCUT2D eigenvalue weighted by Gasteiger charge is 2.33. The topological polar surface area (TPSA) is 79.6 Å². The number of furan rings is 1. The summed E-state index contributed by atoms with van der Waals surface area (Å²) < 4.78 is 29.1. The van der Waals surface area contributed by atoms with E-state index in [1.165, 1.54) is 5.56 Å². The van der Waals surface area contributed by atoms with E-state index in [9.17, 15) is 13.2 Å². The second-order valence-corrected chi connectivity index (χ2v) is 9.39. The molecule has 1 aromatic heterocycles. The first-order valence-electron chi connectivity index (χ1n) is 9.21. The largest absolute Gasteiger partial charge is 0.468 e. The second-order valence-electron chi connectivity index (χ2n) is 7.16. The summed E-state index contributed by atoms with van der Waals surface area (Å²) in [6.45, 7) is 3.19. The highest BCUT2D eigenvalue weighted by molar-refractivity contribution is 7.91. The van der Waals surface area contributed by atoms with Crippen LogP contribution in [0.5, 0.6) is 0 Å². The van der Waals surface area contributed by atoms with E-state index in [-0.39, 0.29) is 35.9 Å². The van der Waals surface area contributed by atoms with Gasteiger partial charge in [0, 0.05) is 12.6 Å². The summed E-state index contributed by atoms with van der Waals surface area (Å²) in [6.07, 6.45) is 2.14. The number of benzene rings is 1. The quantitative estimate of drug-likeness (QED) is 0.747. The molecule has 2 heterocycles. The molecule has 1 aliphatic rings. The molecule has 6 nitrogen and oxygen atoms in total. The molecule has 2 atom stereocenters. The van der Waals surface area contributed by atoms with Crippen LogP contribution in [0.4, 0.5) is 0 Å². The Hall–Kier alpha value is -2.12. The Morgan fingerprint density at radius 1 is 1.26 bits per heavy atom. The van der Waals surface area contributed by atoms with Crippen molar-refractivity contribution in [3.63, 3.8) is 0 Å². The first-order chi connectivity index (χ1) is 12.9. The molecule has 1 saturated heterocycles. The number of hydrogen-bond acceptors (Lipinski definition) is 5. The average Bonchev–Trinajstić information content (AvgIpc) is 3.29. The smallest absolute Gasteiger partial charge is 0.234 e. The summed E-state index contributed by atoms with van der Waals surface area (Å²) in [5.74, 6) is 1.11. The highest BCUT2D eigenvalue weighted by atomic mass is 32.2. The van der Waals surface area contributed by atoms with Crippen LogP contribution in [0.1, 0.15) is 30.6 Å². The van der Waals surface area contributed by atoms with E-state index in [1.54, 1.807) is 12.3 Å². The number of amides is 1. The Balaban J connectivity index is 1.58. The normalized spacial score (nSPS) is 19.9. The fourth-order valence-corrected chi connectivity index (χ4v) is 5.15. The number of carbonyl (C=O) groups excluding carboxylic acids is 1. The lowest BCUT2D eigenvalue weighted by molar-refractivity contribution is -0.123. The van der Waals surface area contributed by atoms with Gasteiger partial charge in [-0.1, -0.05) is 37.3 Å². The molecule has 0 aliphatic carbocycles. The van der Waals surface area contributed by atoms with Gasteiger partial charge in [-0.3, -0.25) is 9.69 Å². The number of rotatable bonds is 8. The predicted molar refractivity (Wildman–Crippen MR) is 104 cm³/mol. The zero-order chi connectivity index (χ0) is 19.3. The Labute approximate surface area is 160 Å². The minimum Gasteiger partial charge on any atom is -0.468 e. The Morgan fingerprint density at radius 3 is 2.67 bits per heavy atom. The van der Waals surface area contributed by atoms with Crippen molar-refractivity contribution in [2.24, 2.45) is 0 Å². The number of sulfone groups is 1. The van der Waals surface area contributed by atoms with Crippen molar-refractivity contribution in [2.45, 2.75) is 31.8 Å². The van der Waals surface area contributed by atoms with Crippen molar-refractivity contribution < 1.29 is 17.6 Å². The number of hydrogen-bond donors (Lipinski definition) is 1. The molecule has 1 aromatic carbocycles. The summed E-state index contributed by atoms with van der Waals surface area (Å²) in [4.78, 5) is 14.4. The third-order valence-corrected chi connectivity index (χ3v) is 6.73. The van der Waals surface area contributed by atoms with Crippen molar-refractivity contribution in [3.05, 3.63) is 60.1 Å². The third kappa shape index (κ3) is 5.68. The van der Waals surface area contributed by atoms with Gasteiger partial charge in [0.25, 0.3) is 0 Å². The molecule has 2 aromatic rings. The number of nitrogens with one attached hydrogen (secondary N) is 1. The summed E-state index contributed by atoms with van der Waals surface area (Å²) in [6, 6.07) is 13.5. The maximum Gasteiger partial charge on any atom is 0.234 e. The van der Waals surface area contributed by atoms with E-state index in [1.807, 2.05) is 41.3 Å². The van der Waals surface area contributed by atoms with Crippen LogP contribution < -0.4 is 5.32 Å². The van der Waals surface area contributed by atoms with Crippen LogP contribution in [0.15, 0.2) is 53.1 Å². The summed E-state index contributed by atoms with van der Waals surface area (Å²) in [5.41, 5.74) is 1.17. The Morgan fingerprint density at radius 2 is 2.04 bits per heavy atom. The van der Waals surface area contributed by atoms with Gasteiger partial charge in [-0.15, -0.1) is 0 Å². The Bertz CT molecular complexity index is 834. The zero-order valence-electron chi connectivity index (χ0n) is 15.5. The molecule has 27 heavy (non-hydrogen) atoms. The highest BCUT2D eigenvalue weighted by Crippen LogP contribution is 2.20. The molecule has 2 unspecified atom stereocenters. The van der Waals surface area contributed by atoms with E-state index >= 15 is 0 Å². The van der Waals surface area contributed by atoms with Gasteiger partial charge in [0.1, 0.15) is 5.76 Å². The van der Waals surface area contributed by atoms with Gasteiger partial charge in [-0.25, -0.2) is 8.42 Å². The first kappa shape index (κ1) is 19.6. The Kier molecular flexibility index (Phi) is 6.34. The van der Waals surface area contributed by atoms with Crippen LogP contribution in [0.25, 0.3) is 0 Å². The SMILES string of the molecule is CC(CNC(=O)CN(Cc1ccco1)C1CCS(=O)(=O)C1)c1ccccc1. The molecule has 1 amide bonds. The van der Waals surface area contributed by atoms with Gasteiger partial charge in [0.05, 0.1) is 30.9 Å². The van der Waals surface area contributed by atoms with E-state index in [4.69, 9.17) is 4.42 Å². The van der Waals surface area contributed by atoms with Crippen molar-refractivity contribution >= 4 is 15.7 Å². The van der Waals surface area contributed by atoms with Gasteiger partial charge >= 0.3 is 0 Å². The molecule has 146 valence electrons. The molecule has 0 radical (unpaired) electrons. The van der Waals surface area contributed by atoms with Gasteiger partial charge < -0.3 is 9.73 Å². The van der Waals surface area contributed by atoms with Gasteiger partial charge in [-0.05, 0) is 30.0 Å². The molecule has 1 N–H and O–H groups in total. The van der Waals surface area contributed by atoms with Crippen LogP contribution in [-0.2, 0) is 21.2 Å². The predicted octanol–water partition coefficient (Wildman–Crippen LogP) is 2.19. The first-order valence-corrected chi connectivity index (χ1v) is 11.0. The lowest BCUT2D eigenvalue weighted by atomic mass is 10.0. The van der Waals surface area contributed by atoms with E-state index in [0.29, 0.717) is 19.5 Å². The maximum absolute atomic E-state index is 12.5.